The van der Waals surface area contributed by atoms with Gasteiger partial charge in [0, 0.05) is 11.3 Å². The molecule has 0 aromatic heterocycles. The van der Waals surface area contributed by atoms with Gasteiger partial charge >= 0.3 is 5.97 Å². The van der Waals surface area contributed by atoms with Crippen LogP contribution >= 0.6 is 0 Å². The maximum absolute atomic E-state index is 12.6. The number of Topliss-reactive ketones (excluding diaryl/α,β-unsaturated/α-hetero) is 1. The van der Waals surface area contributed by atoms with E-state index in [2.05, 4.69) is 0 Å². The lowest BCUT2D eigenvalue weighted by atomic mass is 9.96. The zero-order valence-corrected chi connectivity index (χ0v) is 14.6. The smallest absolute Gasteiger partial charge is 0.335 e. The van der Waals surface area contributed by atoms with Crippen LogP contribution < -0.4 is 14.7 Å². The summed E-state index contributed by atoms with van der Waals surface area (Å²) in [6, 6.07) is 11.4. The second-order valence-corrected chi connectivity index (χ2v) is 6.00. The number of ether oxygens (including phenoxy) is 1. The van der Waals surface area contributed by atoms with Crippen LogP contribution in [0.1, 0.15) is 28.9 Å². The molecule has 1 N–H and O–H groups in total. The van der Waals surface area contributed by atoms with Gasteiger partial charge in [-0.25, -0.2) is 4.79 Å². The first-order valence-corrected chi connectivity index (χ1v) is 8.08. The minimum atomic E-state index is -1.10. The summed E-state index contributed by atoms with van der Waals surface area (Å²) < 4.78 is 5.12. The number of amides is 1. The fourth-order valence-electron chi connectivity index (χ4n) is 3.08. The van der Waals surface area contributed by atoms with E-state index in [9.17, 15) is 19.5 Å². The topological polar surface area (TPSA) is 107 Å². The standard InChI is InChI=1S/C20H17NO6/c1-11(22)16-17(12-5-9-15(27-2)10-6-12)21(19(24)18(16)23)14-7-3-13(4-8-14)20(25)26/h3-10,17,23H,1-2H3,(H,25,26)/p-1/t17-/m0/s1. The van der Waals surface area contributed by atoms with Gasteiger partial charge in [0.2, 0.25) is 5.91 Å². The highest BCUT2D eigenvalue weighted by Gasteiger charge is 2.38. The third-order valence-corrected chi connectivity index (χ3v) is 4.39. The van der Waals surface area contributed by atoms with Crippen LogP contribution in [0.3, 0.4) is 0 Å². The van der Waals surface area contributed by atoms with Crippen molar-refractivity contribution in [1.29, 1.82) is 0 Å². The molecule has 0 saturated carbocycles. The lowest BCUT2D eigenvalue weighted by molar-refractivity contribution is -0.298. The van der Waals surface area contributed by atoms with Crippen molar-refractivity contribution in [3.8, 4) is 5.75 Å². The highest BCUT2D eigenvalue weighted by molar-refractivity contribution is 6.15. The van der Waals surface area contributed by atoms with Crippen LogP contribution in [0.2, 0.25) is 0 Å². The molecular weight excluding hydrogens is 350 g/mol. The number of rotatable bonds is 5. The van der Waals surface area contributed by atoms with E-state index in [0.717, 1.165) is 0 Å². The average molecular weight is 366 g/mol. The van der Waals surface area contributed by atoms with Gasteiger partial charge in [0.1, 0.15) is 5.75 Å². The number of benzene rings is 2. The summed E-state index contributed by atoms with van der Waals surface area (Å²) in [6.07, 6.45) is 0. The van der Waals surface area contributed by atoms with Gasteiger partial charge in [-0.05, 0) is 54.6 Å². The monoisotopic (exact) mass is 366 g/mol. The van der Waals surface area contributed by atoms with E-state index in [1.54, 1.807) is 24.3 Å². The molecule has 0 bridgehead atoms. The average Bonchev–Trinajstić information content (AvgIpc) is 2.93. The Morgan fingerprint density at radius 2 is 1.67 bits per heavy atom. The van der Waals surface area contributed by atoms with Crippen LogP contribution in [0.5, 0.6) is 5.75 Å². The summed E-state index contributed by atoms with van der Waals surface area (Å²) in [5, 5.41) is 21.5. The van der Waals surface area contributed by atoms with Crippen molar-refractivity contribution in [2.75, 3.05) is 12.0 Å². The largest absolute Gasteiger partial charge is 0.868 e. The highest BCUT2D eigenvalue weighted by Crippen LogP contribution is 2.40. The van der Waals surface area contributed by atoms with Gasteiger partial charge in [0.05, 0.1) is 18.7 Å². The number of carboxylic acid groups (broad SMARTS) is 1. The van der Waals surface area contributed by atoms with Gasteiger partial charge in [-0.15, -0.1) is 0 Å². The Kier molecular flexibility index (Phi) is 4.68. The molecule has 0 spiro atoms. The molecule has 1 atom stereocenters. The first-order chi connectivity index (χ1) is 12.8. The van der Waals surface area contributed by atoms with E-state index in [4.69, 9.17) is 9.84 Å². The van der Waals surface area contributed by atoms with Crippen LogP contribution in [0.4, 0.5) is 5.69 Å². The zero-order valence-electron chi connectivity index (χ0n) is 14.6. The van der Waals surface area contributed by atoms with Gasteiger partial charge in [0.15, 0.2) is 5.78 Å². The molecule has 0 saturated heterocycles. The van der Waals surface area contributed by atoms with Crippen LogP contribution in [-0.2, 0) is 9.59 Å². The summed E-state index contributed by atoms with van der Waals surface area (Å²) in [5.41, 5.74) is 0.832. The highest BCUT2D eigenvalue weighted by atomic mass is 16.5. The molecule has 1 aliphatic rings. The predicted molar refractivity (Wildman–Crippen MR) is 94.3 cm³/mol. The fraction of sp³-hybridized carbons (Fsp3) is 0.150. The molecule has 0 aliphatic carbocycles. The number of methoxy groups -OCH3 is 1. The van der Waals surface area contributed by atoms with Gasteiger partial charge in [0.25, 0.3) is 0 Å². The second kappa shape index (κ2) is 6.95. The van der Waals surface area contributed by atoms with Crippen molar-refractivity contribution in [3.63, 3.8) is 0 Å². The van der Waals surface area contributed by atoms with E-state index in [0.29, 0.717) is 17.0 Å². The van der Waals surface area contributed by atoms with Crippen molar-refractivity contribution in [2.45, 2.75) is 13.0 Å². The predicted octanol–water partition coefficient (Wildman–Crippen LogP) is 1.68. The number of carbonyl (C=O) groups is 3. The maximum Gasteiger partial charge on any atom is 0.335 e. The second-order valence-electron chi connectivity index (χ2n) is 6.00. The summed E-state index contributed by atoms with van der Waals surface area (Å²) in [5.74, 6) is -2.68. The molecule has 3 rings (SSSR count). The fourth-order valence-corrected chi connectivity index (χ4v) is 3.08. The summed E-state index contributed by atoms with van der Waals surface area (Å²) in [7, 11) is 1.51. The van der Waals surface area contributed by atoms with Crippen LogP contribution in [0.15, 0.2) is 59.9 Å². The maximum atomic E-state index is 12.6. The van der Waals surface area contributed by atoms with E-state index < -0.39 is 29.5 Å². The molecule has 2 aromatic rings. The Hall–Kier alpha value is -3.61. The first kappa shape index (κ1) is 18.2. The molecule has 138 valence electrons. The number of ketones is 1. The first-order valence-electron chi connectivity index (χ1n) is 8.08. The van der Waals surface area contributed by atoms with Crippen LogP contribution in [0.25, 0.3) is 0 Å². The normalized spacial score (nSPS) is 16.6. The molecular formula is C20H16NO6-. The third kappa shape index (κ3) is 3.15. The van der Waals surface area contributed by atoms with Crippen molar-refractivity contribution < 1.29 is 29.3 Å². The molecule has 2 aromatic carbocycles. The van der Waals surface area contributed by atoms with Gasteiger partial charge in [-0.1, -0.05) is 12.1 Å². The van der Waals surface area contributed by atoms with Gasteiger partial charge in [-0.3, -0.25) is 14.5 Å². The Morgan fingerprint density at radius 3 is 2.15 bits per heavy atom. The number of anilines is 1. The third-order valence-electron chi connectivity index (χ3n) is 4.39. The molecule has 7 heteroatoms. The Balaban J connectivity index is 2.11. The number of hydrogen-bond acceptors (Lipinski definition) is 5. The molecule has 27 heavy (non-hydrogen) atoms. The molecule has 1 amide bonds. The minimum Gasteiger partial charge on any atom is -0.868 e. The molecule has 0 unspecified atom stereocenters. The lowest BCUT2D eigenvalue weighted by Gasteiger charge is -2.27. The summed E-state index contributed by atoms with van der Waals surface area (Å²) in [6.45, 7) is 1.24. The number of hydrogen-bond donors (Lipinski definition) is 1. The van der Waals surface area contributed by atoms with E-state index in [1.165, 1.54) is 43.2 Å². The molecule has 0 fully saturated rings. The zero-order chi connectivity index (χ0) is 19.7. The quantitative estimate of drug-likeness (QED) is 0.863. The Bertz CT molecular complexity index is 943. The molecule has 1 heterocycles. The van der Waals surface area contributed by atoms with Crippen molar-refractivity contribution in [1.82, 2.24) is 0 Å². The van der Waals surface area contributed by atoms with Crippen molar-refractivity contribution >= 4 is 23.3 Å². The van der Waals surface area contributed by atoms with E-state index in [-0.39, 0.29) is 11.1 Å². The Labute approximate surface area is 155 Å². The number of nitrogens with zero attached hydrogens (tertiary/aromatic N) is 1. The molecule has 1 aliphatic heterocycles. The Morgan fingerprint density at radius 1 is 1.07 bits per heavy atom. The van der Waals surface area contributed by atoms with Crippen molar-refractivity contribution in [2.24, 2.45) is 0 Å². The summed E-state index contributed by atoms with van der Waals surface area (Å²) >= 11 is 0. The van der Waals surface area contributed by atoms with E-state index >= 15 is 0 Å². The molecule has 7 nitrogen and oxygen atoms in total. The minimum absolute atomic E-state index is 0.0495. The van der Waals surface area contributed by atoms with Crippen LogP contribution in [0, 0.1) is 0 Å². The lowest BCUT2D eigenvalue weighted by Crippen LogP contribution is -2.32. The van der Waals surface area contributed by atoms with Crippen LogP contribution in [-0.4, -0.2) is 29.9 Å². The summed E-state index contributed by atoms with van der Waals surface area (Å²) in [4.78, 5) is 37.0. The van der Waals surface area contributed by atoms with E-state index in [1.807, 2.05) is 0 Å². The SMILES string of the molecule is COc1ccc([C@H]2C(C(C)=O)=C([O-])C(=O)N2c2ccc(C(=O)O)cc2)cc1. The number of aromatic carboxylic acids is 1. The van der Waals surface area contributed by atoms with Gasteiger partial charge < -0.3 is 14.9 Å². The van der Waals surface area contributed by atoms with Gasteiger partial charge in [-0.2, -0.15) is 0 Å². The molecule has 0 radical (unpaired) electrons. The number of carbonyl (C=O) groups excluding carboxylic acids is 2. The number of carboxylic acids is 1. The van der Waals surface area contributed by atoms with Crippen molar-refractivity contribution in [3.05, 3.63) is 71.0 Å².